The van der Waals surface area contributed by atoms with Crippen molar-refractivity contribution in [1.82, 2.24) is 4.31 Å². The third-order valence-corrected chi connectivity index (χ3v) is 9.47. The average molecular weight is 516 g/mol. The van der Waals surface area contributed by atoms with E-state index in [1.165, 1.54) is 53.8 Å². The van der Waals surface area contributed by atoms with Crippen molar-refractivity contribution in [3.63, 3.8) is 0 Å². The summed E-state index contributed by atoms with van der Waals surface area (Å²) in [5, 5.41) is 2.72. The zero-order chi connectivity index (χ0) is 25.8. The van der Waals surface area contributed by atoms with Gasteiger partial charge in [0.05, 0.1) is 21.0 Å². The van der Waals surface area contributed by atoms with E-state index in [1.807, 2.05) is 6.92 Å². The van der Waals surface area contributed by atoms with Crippen LogP contribution in [0.25, 0.3) is 0 Å². The monoisotopic (exact) mass is 515 g/mol. The molecule has 3 rings (SSSR count). The lowest BCUT2D eigenvalue weighted by molar-refractivity contribution is 0.102. The molecule has 35 heavy (non-hydrogen) atoms. The van der Waals surface area contributed by atoms with E-state index in [2.05, 4.69) is 5.32 Å². The second-order valence-electron chi connectivity index (χ2n) is 7.87. The summed E-state index contributed by atoms with van der Waals surface area (Å²) >= 11 is 0. The molecule has 0 aliphatic carbocycles. The van der Waals surface area contributed by atoms with Gasteiger partial charge < -0.3 is 5.32 Å². The Hall–Kier alpha value is -3.21. The van der Waals surface area contributed by atoms with E-state index in [4.69, 9.17) is 0 Å². The van der Waals surface area contributed by atoms with E-state index in [9.17, 15) is 21.6 Å². The molecule has 3 aromatic rings. The summed E-state index contributed by atoms with van der Waals surface area (Å²) in [5.74, 6) is -0.522. The largest absolute Gasteiger partial charge is 0.322 e. The van der Waals surface area contributed by atoms with E-state index in [0.717, 1.165) is 9.87 Å². The smallest absolute Gasteiger partial charge is 0.264 e. The van der Waals surface area contributed by atoms with Gasteiger partial charge in [0.25, 0.3) is 15.9 Å². The minimum absolute atomic E-state index is 0.116. The van der Waals surface area contributed by atoms with E-state index >= 15 is 0 Å². The van der Waals surface area contributed by atoms with Gasteiger partial charge >= 0.3 is 0 Å². The van der Waals surface area contributed by atoms with Gasteiger partial charge in [0.2, 0.25) is 10.0 Å². The van der Waals surface area contributed by atoms with Crippen molar-refractivity contribution in [3.05, 3.63) is 83.9 Å². The molecule has 0 aliphatic heterocycles. The molecule has 0 atom stereocenters. The molecule has 10 heteroatoms. The van der Waals surface area contributed by atoms with Gasteiger partial charge in [-0.15, -0.1) is 0 Å². The van der Waals surface area contributed by atoms with E-state index in [0.29, 0.717) is 18.8 Å². The van der Waals surface area contributed by atoms with Crippen molar-refractivity contribution in [2.75, 3.05) is 29.8 Å². The molecule has 0 bridgehead atoms. The number of rotatable bonds is 9. The van der Waals surface area contributed by atoms with E-state index < -0.39 is 26.0 Å². The van der Waals surface area contributed by atoms with Gasteiger partial charge in [-0.2, -0.15) is 4.31 Å². The number of benzene rings is 3. The standard InChI is InChI=1S/C25H29N3O5S2/c1-5-28(6-2)35(32,33)22-17-13-20(14-18-22)26-25(29)23-9-7-8-10-24(23)27(4)34(30,31)21-15-11-19(3)12-16-21/h7-18H,5-6H2,1-4H3,(H,26,29). The van der Waals surface area contributed by atoms with Crippen LogP contribution >= 0.6 is 0 Å². The molecular formula is C25H29N3O5S2. The Labute approximate surface area is 207 Å². The fourth-order valence-electron chi connectivity index (χ4n) is 3.56. The van der Waals surface area contributed by atoms with Crippen LogP contribution in [0.2, 0.25) is 0 Å². The molecule has 1 N–H and O–H groups in total. The van der Waals surface area contributed by atoms with Crippen LogP contribution in [0.3, 0.4) is 0 Å². The summed E-state index contributed by atoms with van der Waals surface area (Å²) in [6.07, 6.45) is 0. The number of nitrogens with one attached hydrogen (secondary N) is 1. The number of amides is 1. The molecule has 0 aliphatic rings. The predicted octanol–water partition coefficient (Wildman–Crippen LogP) is 4.10. The van der Waals surface area contributed by atoms with E-state index in [1.54, 1.807) is 44.2 Å². The summed E-state index contributed by atoms with van der Waals surface area (Å²) < 4.78 is 54.1. The van der Waals surface area contributed by atoms with Crippen LogP contribution < -0.4 is 9.62 Å². The van der Waals surface area contributed by atoms with Crippen molar-refractivity contribution in [1.29, 1.82) is 0 Å². The lowest BCUT2D eigenvalue weighted by Gasteiger charge is -2.22. The van der Waals surface area contributed by atoms with Gasteiger partial charge in [-0.3, -0.25) is 9.10 Å². The van der Waals surface area contributed by atoms with Crippen LogP contribution in [0.15, 0.2) is 82.6 Å². The van der Waals surface area contributed by atoms with Gasteiger partial charge in [0, 0.05) is 25.8 Å². The SMILES string of the molecule is CCN(CC)S(=O)(=O)c1ccc(NC(=O)c2ccccc2N(C)S(=O)(=O)c2ccc(C)cc2)cc1. The number of anilines is 2. The highest BCUT2D eigenvalue weighted by Gasteiger charge is 2.25. The van der Waals surface area contributed by atoms with Crippen LogP contribution in [0.1, 0.15) is 29.8 Å². The first-order valence-electron chi connectivity index (χ1n) is 11.1. The first-order chi connectivity index (χ1) is 16.5. The molecule has 0 heterocycles. The zero-order valence-electron chi connectivity index (χ0n) is 20.1. The number of hydrogen-bond donors (Lipinski definition) is 1. The average Bonchev–Trinajstić information content (AvgIpc) is 2.84. The molecule has 186 valence electrons. The number of aryl methyl sites for hydroxylation is 1. The van der Waals surface area contributed by atoms with Crippen molar-refractivity contribution in [2.24, 2.45) is 0 Å². The molecule has 0 saturated carbocycles. The number of nitrogens with zero attached hydrogens (tertiary/aromatic N) is 2. The van der Waals surface area contributed by atoms with Crippen molar-refractivity contribution in [3.8, 4) is 0 Å². The molecule has 0 spiro atoms. The number of carbonyl (C=O) groups is 1. The summed E-state index contributed by atoms with van der Waals surface area (Å²) in [6.45, 7) is 6.11. The second-order valence-corrected chi connectivity index (χ2v) is 11.8. The Kier molecular flexibility index (Phi) is 7.99. The highest BCUT2D eigenvalue weighted by molar-refractivity contribution is 7.92. The topological polar surface area (TPSA) is 104 Å². The normalized spacial score (nSPS) is 11.9. The van der Waals surface area contributed by atoms with Crippen LogP contribution in [-0.2, 0) is 20.0 Å². The summed E-state index contributed by atoms with van der Waals surface area (Å²) in [7, 11) is -6.11. The van der Waals surface area contributed by atoms with Crippen molar-refractivity contribution in [2.45, 2.75) is 30.6 Å². The number of para-hydroxylation sites is 1. The third kappa shape index (κ3) is 5.55. The minimum atomic E-state index is -3.89. The molecule has 0 fully saturated rings. The lowest BCUT2D eigenvalue weighted by atomic mass is 10.1. The molecule has 0 unspecified atom stereocenters. The predicted molar refractivity (Wildman–Crippen MR) is 138 cm³/mol. The Bertz CT molecular complexity index is 1400. The quantitative estimate of drug-likeness (QED) is 0.462. The Morgan fingerprint density at radius 2 is 1.29 bits per heavy atom. The maximum Gasteiger partial charge on any atom is 0.264 e. The second kappa shape index (κ2) is 10.6. The van der Waals surface area contributed by atoms with Gasteiger partial charge in [0.1, 0.15) is 0 Å². The lowest BCUT2D eigenvalue weighted by Crippen LogP contribution is -2.30. The van der Waals surface area contributed by atoms with Crippen molar-refractivity contribution >= 4 is 37.3 Å². The van der Waals surface area contributed by atoms with Crippen LogP contribution in [0, 0.1) is 6.92 Å². The Morgan fingerprint density at radius 3 is 1.86 bits per heavy atom. The van der Waals surface area contributed by atoms with Crippen LogP contribution in [0.5, 0.6) is 0 Å². The van der Waals surface area contributed by atoms with Gasteiger partial charge in [-0.05, 0) is 55.5 Å². The first-order valence-corrected chi connectivity index (χ1v) is 14.0. The number of sulfonamides is 2. The van der Waals surface area contributed by atoms with Crippen molar-refractivity contribution < 1.29 is 21.6 Å². The number of carbonyl (C=O) groups excluding carboxylic acids is 1. The summed E-state index contributed by atoms with van der Waals surface area (Å²) in [4.78, 5) is 13.3. The molecule has 0 saturated heterocycles. The fraction of sp³-hybridized carbons (Fsp3) is 0.240. The molecule has 3 aromatic carbocycles. The number of hydrogen-bond acceptors (Lipinski definition) is 5. The highest BCUT2D eigenvalue weighted by Crippen LogP contribution is 2.27. The Balaban J connectivity index is 1.86. The molecule has 0 radical (unpaired) electrons. The molecular weight excluding hydrogens is 486 g/mol. The first kappa shape index (κ1) is 26.4. The highest BCUT2D eigenvalue weighted by atomic mass is 32.2. The van der Waals surface area contributed by atoms with Gasteiger partial charge in [-0.25, -0.2) is 16.8 Å². The summed E-state index contributed by atoms with van der Waals surface area (Å²) in [6, 6.07) is 18.7. The van der Waals surface area contributed by atoms with Crippen LogP contribution in [0.4, 0.5) is 11.4 Å². The minimum Gasteiger partial charge on any atom is -0.322 e. The van der Waals surface area contributed by atoms with Crippen LogP contribution in [-0.4, -0.2) is 47.2 Å². The van der Waals surface area contributed by atoms with Gasteiger partial charge in [0.15, 0.2) is 0 Å². The van der Waals surface area contributed by atoms with Gasteiger partial charge in [-0.1, -0.05) is 43.7 Å². The Morgan fingerprint density at radius 1 is 0.771 bits per heavy atom. The molecule has 0 aromatic heterocycles. The maximum atomic E-state index is 13.1. The third-order valence-electron chi connectivity index (χ3n) is 5.62. The fourth-order valence-corrected chi connectivity index (χ4v) is 6.23. The summed E-state index contributed by atoms with van der Waals surface area (Å²) in [5.41, 5.74) is 1.69. The van der Waals surface area contributed by atoms with E-state index in [-0.39, 0.29) is 21.0 Å². The molecule has 1 amide bonds. The maximum absolute atomic E-state index is 13.1. The molecule has 8 nitrogen and oxygen atoms in total. The zero-order valence-corrected chi connectivity index (χ0v) is 21.7.